The molecule has 0 radical (unpaired) electrons. The molecule has 0 amide bonds. The number of aliphatic hydroxyl groups excluding tert-OH is 1. The summed E-state index contributed by atoms with van der Waals surface area (Å²) in [5, 5.41) is 8.93. The Morgan fingerprint density at radius 3 is 1.91 bits per heavy atom. The molecule has 132 valence electrons. The summed E-state index contributed by atoms with van der Waals surface area (Å²) in [6, 6.07) is 0. The van der Waals surface area contributed by atoms with E-state index in [1.807, 2.05) is 0 Å². The van der Waals surface area contributed by atoms with Crippen LogP contribution in [0, 0.1) is 0 Å². The molecule has 1 fully saturated rings. The zero-order valence-electron chi connectivity index (χ0n) is 14.4. The smallest absolute Gasteiger partial charge is 0.104 e. The molecular weight excluding hydrogens is 280 g/mol. The summed E-state index contributed by atoms with van der Waals surface area (Å²) in [7, 11) is 0. The third-order valence-electron chi connectivity index (χ3n) is 4.19. The summed E-state index contributed by atoms with van der Waals surface area (Å²) in [5.74, 6) is 0. The molecule has 4 heteroatoms. The molecule has 2 atom stereocenters. The summed E-state index contributed by atoms with van der Waals surface area (Å²) in [6.07, 6.45) is 13.3. The molecule has 1 heterocycles. The van der Waals surface area contributed by atoms with Crippen molar-refractivity contribution in [3.05, 3.63) is 0 Å². The minimum absolute atomic E-state index is 0.0333. The average Bonchev–Trinajstić information content (AvgIpc) is 2.56. The summed E-state index contributed by atoms with van der Waals surface area (Å²) >= 11 is 0. The fourth-order valence-corrected chi connectivity index (χ4v) is 2.69. The molecule has 1 saturated heterocycles. The van der Waals surface area contributed by atoms with Gasteiger partial charge in [0.25, 0.3) is 0 Å². The van der Waals surface area contributed by atoms with Gasteiger partial charge in [0, 0.05) is 6.61 Å². The van der Waals surface area contributed by atoms with Crippen molar-refractivity contribution in [1.82, 2.24) is 0 Å². The molecule has 2 unspecified atom stereocenters. The molecule has 0 aliphatic carbocycles. The van der Waals surface area contributed by atoms with E-state index in [-0.39, 0.29) is 18.8 Å². The maximum Gasteiger partial charge on any atom is 0.104 e. The summed E-state index contributed by atoms with van der Waals surface area (Å²) in [5.41, 5.74) is 0. The lowest BCUT2D eigenvalue weighted by atomic mass is 10.1. The van der Waals surface area contributed by atoms with Crippen molar-refractivity contribution in [2.45, 2.75) is 83.3 Å². The van der Waals surface area contributed by atoms with E-state index in [1.165, 1.54) is 57.8 Å². The molecule has 0 aromatic rings. The molecule has 1 N–H and O–H groups in total. The van der Waals surface area contributed by atoms with Gasteiger partial charge in [-0.05, 0) is 6.42 Å². The second kappa shape index (κ2) is 14.4. The molecule has 1 rings (SSSR count). The molecule has 22 heavy (non-hydrogen) atoms. The van der Waals surface area contributed by atoms with Crippen LogP contribution in [-0.2, 0) is 14.2 Å². The fourth-order valence-electron chi connectivity index (χ4n) is 2.69. The molecule has 0 aromatic carbocycles. The zero-order valence-corrected chi connectivity index (χ0v) is 14.4. The Kier molecular flexibility index (Phi) is 13.0. The van der Waals surface area contributed by atoms with E-state index in [0.29, 0.717) is 19.8 Å². The van der Waals surface area contributed by atoms with Crippen LogP contribution < -0.4 is 0 Å². The number of hydrogen-bond donors (Lipinski definition) is 1. The van der Waals surface area contributed by atoms with Crippen molar-refractivity contribution in [3.63, 3.8) is 0 Å². The molecule has 0 spiro atoms. The van der Waals surface area contributed by atoms with Gasteiger partial charge in [0.15, 0.2) is 0 Å². The zero-order chi connectivity index (χ0) is 15.9. The van der Waals surface area contributed by atoms with Crippen molar-refractivity contribution < 1.29 is 19.3 Å². The van der Waals surface area contributed by atoms with E-state index in [2.05, 4.69) is 6.92 Å². The van der Waals surface area contributed by atoms with Crippen LogP contribution >= 0.6 is 0 Å². The van der Waals surface area contributed by atoms with Gasteiger partial charge in [-0.3, -0.25) is 0 Å². The lowest BCUT2D eigenvalue weighted by Gasteiger charge is -2.28. The highest BCUT2D eigenvalue weighted by molar-refractivity contribution is 4.66. The van der Waals surface area contributed by atoms with Crippen molar-refractivity contribution in [2.75, 3.05) is 33.0 Å². The number of hydrogen-bond acceptors (Lipinski definition) is 4. The van der Waals surface area contributed by atoms with Gasteiger partial charge in [-0.1, -0.05) is 64.7 Å². The predicted octanol–water partition coefficient (Wildman–Crippen LogP) is 3.70. The highest BCUT2D eigenvalue weighted by Gasteiger charge is 2.21. The number of aliphatic hydroxyl groups is 1. The first-order valence-corrected chi connectivity index (χ1v) is 9.28. The van der Waals surface area contributed by atoms with Gasteiger partial charge in [-0.2, -0.15) is 0 Å². The van der Waals surface area contributed by atoms with Gasteiger partial charge < -0.3 is 19.3 Å². The third kappa shape index (κ3) is 10.5. The first-order valence-electron chi connectivity index (χ1n) is 9.28. The topological polar surface area (TPSA) is 47.9 Å². The number of rotatable bonds is 14. The lowest BCUT2D eigenvalue weighted by molar-refractivity contribution is -0.161. The van der Waals surface area contributed by atoms with Gasteiger partial charge in [0.1, 0.15) is 12.2 Å². The summed E-state index contributed by atoms with van der Waals surface area (Å²) < 4.78 is 16.7. The van der Waals surface area contributed by atoms with E-state index >= 15 is 0 Å². The highest BCUT2D eigenvalue weighted by atomic mass is 16.6. The van der Waals surface area contributed by atoms with Gasteiger partial charge in [-0.15, -0.1) is 0 Å². The van der Waals surface area contributed by atoms with Crippen LogP contribution in [0.5, 0.6) is 0 Å². The Balaban J connectivity index is 1.75. The lowest BCUT2D eigenvalue weighted by Crippen LogP contribution is -2.39. The molecule has 0 bridgehead atoms. The molecule has 1 aliphatic rings. The standard InChI is InChI=1S/C18H36O4/c1-2-3-4-5-6-7-8-9-10-11-12-20-14-18-16-21-17(13-19)15-22-18/h17-19H,2-16H2,1H3. The molecule has 0 saturated carbocycles. The van der Waals surface area contributed by atoms with Crippen molar-refractivity contribution >= 4 is 0 Å². The summed E-state index contributed by atoms with van der Waals surface area (Å²) in [6.45, 7) is 4.73. The van der Waals surface area contributed by atoms with Crippen molar-refractivity contribution in [3.8, 4) is 0 Å². The Morgan fingerprint density at radius 2 is 1.36 bits per heavy atom. The first kappa shape index (κ1) is 19.9. The van der Waals surface area contributed by atoms with Crippen LogP contribution in [0.25, 0.3) is 0 Å². The summed E-state index contributed by atoms with van der Waals surface area (Å²) in [4.78, 5) is 0. The van der Waals surface area contributed by atoms with Gasteiger partial charge in [0.05, 0.1) is 26.4 Å². The quantitative estimate of drug-likeness (QED) is 0.496. The van der Waals surface area contributed by atoms with E-state index in [0.717, 1.165) is 13.0 Å². The van der Waals surface area contributed by atoms with Crippen LogP contribution in [0.2, 0.25) is 0 Å². The fraction of sp³-hybridized carbons (Fsp3) is 1.00. The second-order valence-corrected chi connectivity index (χ2v) is 6.35. The third-order valence-corrected chi connectivity index (χ3v) is 4.19. The Morgan fingerprint density at radius 1 is 0.818 bits per heavy atom. The number of ether oxygens (including phenoxy) is 3. The maximum absolute atomic E-state index is 8.93. The monoisotopic (exact) mass is 316 g/mol. The molecule has 1 aliphatic heterocycles. The van der Waals surface area contributed by atoms with Gasteiger partial charge in [0.2, 0.25) is 0 Å². The molecule has 0 aromatic heterocycles. The molecular formula is C18H36O4. The van der Waals surface area contributed by atoms with E-state index in [1.54, 1.807) is 0 Å². The van der Waals surface area contributed by atoms with Crippen molar-refractivity contribution in [1.29, 1.82) is 0 Å². The molecule has 4 nitrogen and oxygen atoms in total. The van der Waals surface area contributed by atoms with E-state index < -0.39 is 0 Å². The first-order chi connectivity index (χ1) is 10.9. The van der Waals surface area contributed by atoms with E-state index in [4.69, 9.17) is 19.3 Å². The maximum atomic E-state index is 8.93. The van der Waals surface area contributed by atoms with Gasteiger partial charge in [-0.25, -0.2) is 0 Å². The van der Waals surface area contributed by atoms with Crippen LogP contribution in [0.15, 0.2) is 0 Å². The largest absolute Gasteiger partial charge is 0.394 e. The van der Waals surface area contributed by atoms with Gasteiger partial charge >= 0.3 is 0 Å². The van der Waals surface area contributed by atoms with E-state index in [9.17, 15) is 0 Å². The minimum Gasteiger partial charge on any atom is -0.394 e. The second-order valence-electron chi connectivity index (χ2n) is 6.35. The Hall–Kier alpha value is -0.160. The average molecular weight is 316 g/mol. The van der Waals surface area contributed by atoms with Crippen LogP contribution in [-0.4, -0.2) is 50.3 Å². The minimum atomic E-state index is -0.154. The van der Waals surface area contributed by atoms with Crippen LogP contribution in [0.4, 0.5) is 0 Å². The Bertz CT molecular complexity index is 227. The highest BCUT2D eigenvalue weighted by Crippen LogP contribution is 2.11. The predicted molar refractivity (Wildman–Crippen MR) is 89.2 cm³/mol. The van der Waals surface area contributed by atoms with Crippen LogP contribution in [0.3, 0.4) is 0 Å². The normalized spacial score (nSPS) is 22.1. The number of unbranched alkanes of at least 4 members (excludes halogenated alkanes) is 9. The SMILES string of the molecule is CCCCCCCCCCCCOCC1COC(CO)CO1. The van der Waals surface area contributed by atoms with Crippen LogP contribution in [0.1, 0.15) is 71.1 Å². The Labute approximate surface area is 136 Å². The van der Waals surface area contributed by atoms with Crippen molar-refractivity contribution in [2.24, 2.45) is 0 Å².